The van der Waals surface area contributed by atoms with Crippen molar-refractivity contribution in [1.82, 2.24) is 15.4 Å². The summed E-state index contributed by atoms with van der Waals surface area (Å²) in [6, 6.07) is 0. The summed E-state index contributed by atoms with van der Waals surface area (Å²) in [6.07, 6.45) is 0. The number of rotatable bonds is 3. The molecular weight excluding hydrogens is 151 g/mol. The number of hydrogen-bond donors (Lipinski definition) is 3. The highest BCUT2D eigenvalue weighted by molar-refractivity contribution is 5.32. The Morgan fingerprint density at radius 3 is 2.73 bits per heavy atom. The largest absolute Gasteiger partial charge is 0.329 e. The van der Waals surface area contributed by atoms with E-state index in [0.29, 0.717) is 13.1 Å². The van der Waals surface area contributed by atoms with Crippen LogP contribution in [0.1, 0.15) is 0 Å². The van der Waals surface area contributed by atoms with Crippen LogP contribution in [0.4, 0.5) is 10.2 Å². The Balaban J connectivity index is 2.67. The molecule has 0 aliphatic heterocycles. The standard InChI is InChI=1S/C4H9FN6/c5-3-4(9-10-8-3)11(7)2-1-6/h1-2,6-7H2,(H,8,9,10). The molecule has 0 saturated heterocycles. The average molecular weight is 160 g/mol. The second kappa shape index (κ2) is 3.26. The smallest absolute Gasteiger partial charge is 0.277 e. The van der Waals surface area contributed by atoms with Gasteiger partial charge in [-0.1, -0.05) is 0 Å². The van der Waals surface area contributed by atoms with E-state index in [1.165, 1.54) is 0 Å². The molecule has 0 radical (unpaired) electrons. The van der Waals surface area contributed by atoms with Crippen LogP contribution in [0.2, 0.25) is 0 Å². The van der Waals surface area contributed by atoms with E-state index in [9.17, 15) is 4.39 Å². The Bertz CT molecular complexity index is 222. The fourth-order valence-corrected chi connectivity index (χ4v) is 0.640. The summed E-state index contributed by atoms with van der Waals surface area (Å²) < 4.78 is 12.6. The lowest BCUT2D eigenvalue weighted by atomic mass is 10.6. The molecule has 11 heavy (non-hydrogen) atoms. The molecule has 0 aliphatic rings. The summed E-state index contributed by atoms with van der Waals surface area (Å²) in [6.45, 7) is 0.673. The highest BCUT2D eigenvalue weighted by Gasteiger charge is 2.10. The zero-order chi connectivity index (χ0) is 8.27. The van der Waals surface area contributed by atoms with Gasteiger partial charge in [-0.05, 0) is 0 Å². The normalized spacial score (nSPS) is 10.1. The van der Waals surface area contributed by atoms with Crippen LogP contribution in [0, 0.1) is 5.95 Å². The van der Waals surface area contributed by atoms with Gasteiger partial charge in [0.25, 0.3) is 5.95 Å². The Hall–Kier alpha value is -1.21. The van der Waals surface area contributed by atoms with Crippen molar-refractivity contribution >= 4 is 5.82 Å². The van der Waals surface area contributed by atoms with Crippen LogP contribution in [0.5, 0.6) is 0 Å². The van der Waals surface area contributed by atoms with Crippen molar-refractivity contribution in [3.8, 4) is 0 Å². The van der Waals surface area contributed by atoms with Gasteiger partial charge in [0.05, 0.1) is 0 Å². The molecular formula is C4H9FN6. The zero-order valence-electron chi connectivity index (χ0n) is 5.79. The number of nitrogens with zero attached hydrogens (tertiary/aromatic N) is 3. The monoisotopic (exact) mass is 160 g/mol. The SMILES string of the molecule is NCCN(N)c1n[nH]nc1F. The van der Waals surface area contributed by atoms with E-state index in [1.807, 2.05) is 0 Å². The van der Waals surface area contributed by atoms with Gasteiger partial charge in [0.2, 0.25) is 5.82 Å². The van der Waals surface area contributed by atoms with Gasteiger partial charge in [0.15, 0.2) is 0 Å². The van der Waals surface area contributed by atoms with Crippen LogP contribution in [0.3, 0.4) is 0 Å². The summed E-state index contributed by atoms with van der Waals surface area (Å²) >= 11 is 0. The van der Waals surface area contributed by atoms with Crippen LogP contribution in [0.25, 0.3) is 0 Å². The molecule has 0 saturated carbocycles. The number of H-pyrrole nitrogens is 1. The first-order chi connectivity index (χ1) is 5.25. The number of halogens is 1. The summed E-state index contributed by atoms with van der Waals surface area (Å²) in [7, 11) is 0. The van der Waals surface area contributed by atoms with E-state index in [4.69, 9.17) is 11.6 Å². The maximum atomic E-state index is 12.6. The van der Waals surface area contributed by atoms with Crippen LogP contribution < -0.4 is 16.6 Å². The van der Waals surface area contributed by atoms with Crippen molar-refractivity contribution in [3.63, 3.8) is 0 Å². The Kier molecular flexibility index (Phi) is 2.34. The number of anilines is 1. The molecule has 1 rings (SSSR count). The number of nitrogens with two attached hydrogens (primary N) is 2. The van der Waals surface area contributed by atoms with E-state index in [0.717, 1.165) is 5.01 Å². The van der Waals surface area contributed by atoms with Crippen molar-refractivity contribution in [3.05, 3.63) is 5.95 Å². The highest BCUT2D eigenvalue weighted by atomic mass is 19.1. The van der Waals surface area contributed by atoms with Crippen LogP contribution in [0.15, 0.2) is 0 Å². The summed E-state index contributed by atoms with van der Waals surface area (Å²) in [5.74, 6) is 4.60. The first-order valence-electron chi connectivity index (χ1n) is 3.04. The van der Waals surface area contributed by atoms with Gasteiger partial charge >= 0.3 is 0 Å². The molecule has 1 heterocycles. The van der Waals surface area contributed by atoms with Gasteiger partial charge in [-0.3, -0.25) is 5.01 Å². The predicted octanol–water partition coefficient (Wildman–Crippen LogP) is -1.42. The summed E-state index contributed by atoms with van der Waals surface area (Å²) in [5.41, 5.74) is 5.18. The Labute approximate surface area is 62.3 Å². The fourth-order valence-electron chi connectivity index (χ4n) is 0.640. The molecule has 6 nitrogen and oxygen atoms in total. The van der Waals surface area contributed by atoms with Gasteiger partial charge in [0.1, 0.15) is 0 Å². The van der Waals surface area contributed by atoms with E-state index < -0.39 is 5.95 Å². The van der Waals surface area contributed by atoms with Gasteiger partial charge in [-0.25, -0.2) is 5.84 Å². The lowest BCUT2D eigenvalue weighted by Gasteiger charge is -2.12. The van der Waals surface area contributed by atoms with Gasteiger partial charge in [-0.2, -0.15) is 9.60 Å². The Morgan fingerprint density at radius 1 is 1.55 bits per heavy atom. The molecule has 62 valence electrons. The van der Waals surface area contributed by atoms with Gasteiger partial charge in [-0.15, -0.1) is 10.2 Å². The topological polar surface area (TPSA) is 96.9 Å². The second-order valence-electron chi connectivity index (χ2n) is 1.92. The number of hydrazine groups is 1. The van der Waals surface area contributed by atoms with Crippen LogP contribution >= 0.6 is 0 Å². The third kappa shape index (κ3) is 1.63. The quantitative estimate of drug-likeness (QED) is 0.372. The first kappa shape index (κ1) is 7.89. The summed E-state index contributed by atoms with van der Waals surface area (Å²) in [5, 5.41) is 9.82. The molecule has 1 aromatic heterocycles. The van der Waals surface area contributed by atoms with Crippen molar-refractivity contribution in [2.75, 3.05) is 18.1 Å². The number of nitrogens with one attached hydrogen (secondary N) is 1. The molecule has 0 aliphatic carbocycles. The first-order valence-corrected chi connectivity index (χ1v) is 3.04. The third-order valence-electron chi connectivity index (χ3n) is 1.13. The maximum Gasteiger partial charge on any atom is 0.277 e. The molecule has 7 heteroatoms. The van der Waals surface area contributed by atoms with E-state index in [-0.39, 0.29) is 5.82 Å². The van der Waals surface area contributed by atoms with E-state index >= 15 is 0 Å². The van der Waals surface area contributed by atoms with Crippen molar-refractivity contribution in [1.29, 1.82) is 0 Å². The molecule has 0 aromatic carbocycles. The maximum absolute atomic E-state index is 12.6. The third-order valence-corrected chi connectivity index (χ3v) is 1.13. The second-order valence-corrected chi connectivity index (χ2v) is 1.92. The van der Waals surface area contributed by atoms with Crippen molar-refractivity contribution in [2.45, 2.75) is 0 Å². The molecule has 5 N–H and O–H groups in total. The van der Waals surface area contributed by atoms with Gasteiger partial charge in [0, 0.05) is 13.1 Å². The minimum Gasteiger partial charge on any atom is -0.329 e. The number of aromatic nitrogens is 3. The van der Waals surface area contributed by atoms with Gasteiger partial charge < -0.3 is 5.73 Å². The molecule has 0 unspecified atom stereocenters. The molecule has 0 atom stereocenters. The predicted molar refractivity (Wildman–Crippen MR) is 36.9 cm³/mol. The summed E-state index contributed by atoms with van der Waals surface area (Å²) in [4.78, 5) is 0. The average Bonchev–Trinajstić information content (AvgIpc) is 2.36. The molecule has 0 fully saturated rings. The highest BCUT2D eigenvalue weighted by Crippen LogP contribution is 2.07. The Morgan fingerprint density at radius 2 is 2.27 bits per heavy atom. The van der Waals surface area contributed by atoms with Crippen LogP contribution in [-0.2, 0) is 0 Å². The molecule has 0 bridgehead atoms. The van der Waals surface area contributed by atoms with E-state index in [1.54, 1.807) is 0 Å². The lowest BCUT2D eigenvalue weighted by Crippen LogP contribution is -2.36. The van der Waals surface area contributed by atoms with Crippen molar-refractivity contribution in [2.24, 2.45) is 11.6 Å². The molecule has 0 amide bonds. The van der Waals surface area contributed by atoms with E-state index in [2.05, 4.69) is 15.4 Å². The van der Waals surface area contributed by atoms with Crippen molar-refractivity contribution < 1.29 is 4.39 Å². The fraction of sp³-hybridized carbons (Fsp3) is 0.500. The minimum atomic E-state index is -0.721. The molecule has 0 spiro atoms. The van der Waals surface area contributed by atoms with Crippen LogP contribution in [-0.4, -0.2) is 28.5 Å². The zero-order valence-corrected chi connectivity index (χ0v) is 5.79. The lowest BCUT2D eigenvalue weighted by molar-refractivity contribution is 0.574. The minimum absolute atomic E-state index is 0.0181. The number of hydrogen-bond acceptors (Lipinski definition) is 5. The number of aromatic amines is 1. The molecule has 1 aromatic rings.